The molecular formula is C21H18Cl2F2N8O. The van der Waals surface area contributed by atoms with Gasteiger partial charge >= 0.3 is 6.03 Å². The van der Waals surface area contributed by atoms with Crippen LogP contribution in [-0.4, -0.2) is 59.5 Å². The maximum atomic E-state index is 13.9. The molecule has 0 spiro atoms. The topological polar surface area (TPSA) is 85.0 Å². The monoisotopic (exact) mass is 506 g/mol. The first-order valence-corrected chi connectivity index (χ1v) is 10.6. The quantitative estimate of drug-likeness (QED) is 0.392. The second-order valence-corrected chi connectivity index (χ2v) is 8.18. The Morgan fingerprint density at radius 2 is 1.24 bits per heavy atom. The molecule has 2 heterocycles. The molecule has 4 rings (SSSR count). The van der Waals surface area contributed by atoms with Crippen LogP contribution in [0.2, 0.25) is 10.0 Å². The van der Waals surface area contributed by atoms with Crippen LogP contribution in [0.3, 0.4) is 0 Å². The number of halogens is 4. The number of rotatable bonds is 6. The molecule has 2 aromatic heterocycles. The highest BCUT2D eigenvalue weighted by molar-refractivity contribution is 6.31. The van der Waals surface area contributed by atoms with Gasteiger partial charge in [-0.15, -0.1) is 0 Å². The molecule has 0 saturated heterocycles. The molecule has 9 nitrogen and oxygen atoms in total. The predicted octanol–water partition coefficient (Wildman–Crippen LogP) is 4.12. The van der Waals surface area contributed by atoms with Crippen molar-refractivity contribution in [1.82, 2.24) is 39.3 Å². The molecule has 2 aromatic carbocycles. The van der Waals surface area contributed by atoms with Crippen LogP contribution in [0.4, 0.5) is 13.6 Å². The Bertz CT molecular complexity index is 1240. The fourth-order valence-electron chi connectivity index (χ4n) is 3.26. The van der Waals surface area contributed by atoms with Crippen LogP contribution in [0.15, 0.2) is 49.1 Å². The van der Waals surface area contributed by atoms with E-state index >= 15 is 0 Å². The predicted molar refractivity (Wildman–Crippen MR) is 121 cm³/mol. The zero-order valence-corrected chi connectivity index (χ0v) is 19.5. The third-order valence-corrected chi connectivity index (χ3v) is 5.56. The van der Waals surface area contributed by atoms with Crippen molar-refractivity contribution in [3.63, 3.8) is 0 Å². The zero-order valence-electron chi connectivity index (χ0n) is 18.0. The van der Waals surface area contributed by atoms with Gasteiger partial charge in [0.05, 0.1) is 34.5 Å². The number of nitrogens with zero attached hydrogens (tertiary/aromatic N) is 8. The molecule has 0 unspecified atom stereocenters. The van der Waals surface area contributed by atoms with E-state index in [1.54, 1.807) is 26.2 Å². The number of carbonyl (C=O) groups excluding carboxylic acids is 1. The van der Waals surface area contributed by atoms with Crippen molar-refractivity contribution in [3.8, 4) is 11.4 Å². The van der Waals surface area contributed by atoms with Crippen LogP contribution in [0.5, 0.6) is 0 Å². The van der Waals surface area contributed by atoms with Crippen LogP contribution >= 0.6 is 23.2 Å². The van der Waals surface area contributed by atoms with Gasteiger partial charge in [-0.2, -0.15) is 10.2 Å². The normalized spacial score (nSPS) is 11.0. The van der Waals surface area contributed by atoms with Crippen molar-refractivity contribution in [3.05, 3.63) is 82.4 Å². The van der Waals surface area contributed by atoms with E-state index in [9.17, 15) is 13.6 Å². The third-order valence-electron chi connectivity index (χ3n) is 4.94. The average molecular weight is 507 g/mol. The van der Waals surface area contributed by atoms with Crippen molar-refractivity contribution < 1.29 is 13.6 Å². The third kappa shape index (κ3) is 4.85. The van der Waals surface area contributed by atoms with Crippen LogP contribution in [0.25, 0.3) is 11.4 Å². The molecular weight excluding hydrogens is 489 g/mol. The number of aromatic nitrogens is 6. The van der Waals surface area contributed by atoms with Crippen molar-refractivity contribution in [2.24, 2.45) is 0 Å². The summed E-state index contributed by atoms with van der Waals surface area (Å²) in [6, 6.07) is 8.18. The summed E-state index contributed by atoms with van der Waals surface area (Å²) in [4.78, 5) is 24.2. The van der Waals surface area contributed by atoms with Crippen molar-refractivity contribution in [2.75, 3.05) is 14.1 Å². The lowest BCUT2D eigenvalue weighted by Gasteiger charge is -2.24. The number of hydrogen-bond acceptors (Lipinski definition) is 5. The number of benzene rings is 2. The highest BCUT2D eigenvalue weighted by Crippen LogP contribution is 2.20. The van der Waals surface area contributed by atoms with Crippen LogP contribution in [-0.2, 0) is 13.1 Å². The van der Waals surface area contributed by atoms with Gasteiger partial charge in [-0.1, -0.05) is 23.2 Å². The average Bonchev–Trinajstić information content (AvgIpc) is 3.46. The molecule has 13 heteroatoms. The Hall–Kier alpha value is -3.57. The lowest BCUT2D eigenvalue weighted by atomic mass is 10.3. The van der Waals surface area contributed by atoms with Crippen molar-refractivity contribution >= 4 is 29.2 Å². The first-order valence-electron chi connectivity index (χ1n) is 9.89. The highest BCUT2D eigenvalue weighted by atomic mass is 35.5. The Morgan fingerprint density at radius 3 is 1.62 bits per heavy atom. The molecule has 4 aromatic rings. The van der Waals surface area contributed by atoms with Gasteiger partial charge in [0, 0.05) is 26.2 Å². The minimum absolute atomic E-state index is 0.00600. The molecule has 176 valence electrons. The van der Waals surface area contributed by atoms with Gasteiger partial charge < -0.3 is 9.80 Å². The van der Waals surface area contributed by atoms with E-state index in [4.69, 9.17) is 23.2 Å². The lowest BCUT2D eigenvalue weighted by Crippen LogP contribution is -2.39. The first kappa shape index (κ1) is 23.6. The Labute approximate surface area is 203 Å². The van der Waals surface area contributed by atoms with E-state index in [0.29, 0.717) is 23.0 Å². The van der Waals surface area contributed by atoms with Crippen LogP contribution in [0, 0.1) is 11.6 Å². The molecule has 0 saturated carbocycles. The molecule has 0 aliphatic carbocycles. The first-order chi connectivity index (χ1) is 16.2. The largest absolute Gasteiger partial charge is 0.320 e. The fourth-order valence-corrected chi connectivity index (χ4v) is 3.50. The Morgan fingerprint density at radius 1 is 0.824 bits per heavy atom. The summed E-state index contributed by atoms with van der Waals surface area (Å²) in [6.45, 7) is 0.199. The number of amides is 2. The molecule has 0 bridgehead atoms. The summed E-state index contributed by atoms with van der Waals surface area (Å²) < 4.78 is 30.6. The second-order valence-electron chi connectivity index (χ2n) is 7.37. The maximum Gasteiger partial charge on any atom is 0.320 e. The van der Waals surface area contributed by atoms with Crippen molar-refractivity contribution in [2.45, 2.75) is 13.1 Å². The van der Waals surface area contributed by atoms with Gasteiger partial charge in [0.25, 0.3) is 0 Å². The molecule has 2 amide bonds. The summed E-state index contributed by atoms with van der Waals surface area (Å²) in [7, 11) is 3.19. The van der Waals surface area contributed by atoms with E-state index in [1.165, 1.54) is 56.1 Å². The Kier molecular flexibility index (Phi) is 6.75. The molecule has 0 aliphatic rings. The smallest absolute Gasteiger partial charge is 0.320 e. The summed E-state index contributed by atoms with van der Waals surface area (Å²) in [5.74, 6) is -0.333. The van der Waals surface area contributed by atoms with Crippen molar-refractivity contribution in [1.29, 1.82) is 0 Å². The van der Waals surface area contributed by atoms with E-state index in [1.807, 2.05) is 0 Å². The number of urea groups is 1. The molecule has 0 aliphatic heterocycles. The van der Waals surface area contributed by atoms with Gasteiger partial charge in [-0.05, 0) is 24.3 Å². The van der Waals surface area contributed by atoms with E-state index in [0.717, 1.165) is 0 Å². The molecule has 34 heavy (non-hydrogen) atoms. The second kappa shape index (κ2) is 9.74. The van der Waals surface area contributed by atoms with E-state index in [2.05, 4.69) is 20.2 Å². The molecule has 0 radical (unpaired) electrons. The lowest BCUT2D eigenvalue weighted by molar-refractivity contribution is 0.166. The Balaban J connectivity index is 1.47. The van der Waals surface area contributed by atoms with E-state index in [-0.39, 0.29) is 29.2 Å². The summed E-state index contributed by atoms with van der Waals surface area (Å²) in [5, 5.41) is 8.22. The van der Waals surface area contributed by atoms with Gasteiger partial charge in [-0.25, -0.2) is 32.9 Å². The summed E-state index contributed by atoms with van der Waals surface area (Å²) in [5.41, 5.74) is 0.846. The van der Waals surface area contributed by atoms with Crippen LogP contribution < -0.4 is 0 Å². The summed E-state index contributed by atoms with van der Waals surface area (Å²) >= 11 is 11.5. The summed E-state index contributed by atoms with van der Waals surface area (Å²) in [6.07, 6.45) is 2.63. The number of carbonyl (C=O) groups is 1. The molecule has 0 fully saturated rings. The standard InChI is InChI=1S/C21H18Cl2F2N8O/c1-30(9-19-26-11-28-32(19)13-3-5-15(22)17(24)7-13)21(34)31(2)10-20-27-12-29-33(20)14-4-6-16(23)18(25)8-14/h3-8,11-12H,9-10H2,1-2H3. The van der Waals surface area contributed by atoms with Gasteiger partial charge in [0.1, 0.15) is 24.3 Å². The fraction of sp³-hybridized carbons (Fsp3) is 0.190. The highest BCUT2D eigenvalue weighted by Gasteiger charge is 2.20. The number of hydrogen-bond donors (Lipinski definition) is 0. The molecule has 0 N–H and O–H groups in total. The van der Waals surface area contributed by atoms with Crippen LogP contribution in [0.1, 0.15) is 11.6 Å². The van der Waals surface area contributed by atoms with Gasteiger partial charge in [-0.3, -0.25) is 0 Å². The zero-order chi connectivity index (χ0) is 24.4. The SMILES string of the molecule is CN(Cc1ncnn1-c1ccc(Cl)c(F)c1)C(=O)N(C)Cc1ncnn1-c1ccc(Cl)c(F)c1. The van der Waals surface area contributed by atoms with Gasteiger partial charge in [0.2, 0.25) is 0 Å². The minimum atomic E-state index is -0.588. The van der Waals surface area contributed by atoms with E-state index < -0.39 is 11.6 Å². The maximum absolute atomic E-state index is 13.9. The minimum Gasteiger partial charge on any atom is -0.320 e. The molecule has 0 atom stereocenters. The van der Waals surface area contributed by atoms with Gasteiger partial charge in [0.15, 0.2) is 11.6 Å².